The van der Waals surface area contributed by atoms with Crippen molar-refractivity contribution < 1.29 is 0 Å². The smallest absolute Gasteiger partial charge is 0.0951 e. The first-order chi connectivity index (χ1) is 7.53. The highest BCUT2D eigenvalue weighted by atomic mass is 32.2. The normalized spacial score (nSPS) is 14.1. The molecule has 1 atom stereocenters. The van der Waals surface area contributed by atoms with Gasteiger partial charge in [0.2, 0.25) is 0 Å². The lowest BCUT2D eigenvalue weighted by molar-refractivity contribution is 0.398. The summed E-state index contributed by atoms with van der Waals surface area (Å²) < 4.78 is 2.28. The molecule has 0 radical (unpaired) electrons. The average Bonchev–Trinajstić information content (AvgIpc) is 2.75. The van der Waals surface area contributed by atoms with E-state index in [2.05, 4.69) is 42.6 Å². The Kier molecular flexibility index (Phi) is 4.87. The molecule has 1 aromatic heterocycles. The number of nitrogens with zero attached hydrogens (tertiary/aromatic N) is 2. The van der Waals surface area contributed by atoms with Crippen LogP contribution in [0.4, 0.5) is 0 Å². The van der Waals surface area contributed by atoms with Crippen LogP contribution in [0.3, 0.4) is 0 Å². The summed E-state index contributed by atoms with van der Waals surface area (Å²) in [6.45, 7) is 8.81. The molecule has 1 unspecified atom stereocenters. The Labute approximate surface area is 103 Å². The van der Waals surface area contributed by atoms with E-state index in [1.807, 2.05) is 31.3 Å². The quantitative estimate of drug-likeness (QED) is 0.830. The maximum Gasteiger partial charge on any atom is 0.0951 e. The van der Waals surface area contributed by atoms with Gasteiger partial charge in [0, 0.05) is 11.8 Å². The highest BCUT2D eigenvalue weighted by molar-refractivity contribution is 7.99. The fraction of sp³-hybridized carbons (Fsp3) is 0.750. The van der Waals surface area contributed by atoms with Crippen LogP contribution >= 0.6 is 11.8 Å². The minimum atomic E-state index is -0.0261. The third kappa shape index (κ3) is 3.01. The molecule has 0 spiro atoms. The average molecular weight is 241 g/mol. The molecular formula is C12H23N3S. The number of hydrogen-bond acceptors (Lipinski definition) is 3. The summed E-state index contributed by atoms with van der Waals surface area (Å²) in [6.07, 6.45) is 3.90. The molecule has 0 aliphatic rings. The van der Waals surface area contributed by atoms with E-state index in [1.165, 1.54) is 11.4 Å². The van der Waals surface area contributed by atoms with E-state index in [0.29, 0.717) is 6.04 Å². The van der Waals surface area contributed by atoms with E-state index in [9.17, 15) is 0 Å². The molecule has 16 heavy (non-hydrogen) atoms. The summed E-state index contributed by atoms with van der Waals surface area (Å²) in [5, 5.41) is 3.33. The first-order valence-corrected chi connectivity index (χ1v) is 6.97. The zero-order chi connectivity index (χ0) is 12.2. The molecule has 1 rings (SSSR count). The van der Waals surface area contributed by atoms with E-state index in [4.69, 9.17) is 0 Å². The lowest BCUT2D eigenvalue weighted by Gasteiger charge is -2.27. The molecular weight excluding hydrogens is 218 g/mol. The van der Waals surface area contributed by atoms with E-state index in [1.54, 1.807) is 0 Å². The van der Waals surface area contributed by atoms with Crippen molar-refractivity contribution in [3.8, 4) is 0 Å². The van der Waals surface area contributed by atoms with Gasteiger partial charge >= 0.3 is 0 Å². The van der Waals surface area contributed by atoms with E-state index in [0.717, 1.165) is 5.75 Å². The molecule has 1 heterocycles. The molecule has 92 valence electrons. The van der Waals surface area contributed by atoms with Gasteiger partial charge in [-0.25, -0.2) is 4.98 Å². The second-order valence-corrected chi connectivity index (χ2v) is 5.89. The Balaban J connectivity index is 2.85. The Bertz CT molecular complexity index is 320. The summed E-state index contributed by atoms with van der Waals surface area (Å²) in [5.74, 6) is 2.31. The van der Waals surface area contributed by atoms with Crippen LogP contribution in [0, 0.1) is 0 Å². The zero-order valence-electron chi connectivity index (χ0n) is 10.9. The fourth-order valence-electron chi connectivity index (χ4n) is 1.64. The van der Waals surface area contributed by atoms with Gasteiger partial charge in [0.1, 0.15) is 0 Å². The Morgan fingerprint density at radius 3 is 2.81 bits per heavy atom. The minimum Gasteiger partial charge on any atom is -0.329 e. The SMILES string of the molecule is CCSCC(C)n1cncc1C(C)(C)NC. The van der Waals surface area contributed by atoms with E-state index in [-0.39, 0.29) is 5.54 Å². The molecule has 1 aromatic rings. The van der Waals surface area contributed by atoms with Crippen molar-refractivity contribution in [2.45, 2.75) is 39.3 Å². The Hall–Kier alpha value is -0.480. The summed E-state index contributed by atoms with van der Waals surface area (Å²) in [5.41, 5.74) is 1.22. The lowest BCUT2D eigenvalue weighted by atomic mass is 10.0. The van der Waals surface area contributed by atoms with Crippen molar-refractivity contribution in [1.29, 1.82) is 0 Å². The van der Waals surface area contributed by atoms with Gasteiger partial charge in [-0.1, -0.05) is 6.92 Å². The maximum absolute atomic E-state index is 4.28. The number of hydrogen-bond donors (Lipinski definition) is 1. The van der Waals surface area contributed by atoms with Gasteiger partial charge in [-0.3, -0.25) is 0 Å². The third-order valence-electron chi connectivity index (χ3n) is 2.97. The van der Waals surface area contributed by atoms with Crippen molar-refractivity contribution in [1.82, 2.24) is 14.9 Å². The van der Waals surface area contributed by atoms with Crippen LogP contribution in [0.1, 0.15) is 39.4 Å². The van der Waals surface area contributed by atoms with Gasteiger partial charge in [0.25, 0.3) is 0 Å². The topological polar surface area (TPSA) is 29.9 Å². The van der Waals surface area contributed by atoms with Crippen LogP contribution in [0.15, 0.2) is 12.5 Å². The van der Waals surface area contributed by atoms with Crippen LogP contribution < -0.4 is 5.32 Å². The summed E-state index contributed by atoms with van der Waals surface area (Å²) >= 11 is 1.97. The maximum atomic E-state index is 4.28. The van der Waals surface area contributed by atoms with Crippen molar-refractivity contribution in [2.24, 2.45) is 0 Å². The molecule has 3 nitrogen and oxygen atoms in total. The number of thioether (sulfide) groups is 1. The van der Waals surface area contributed by atoms with Gasteiger partial charge in [-0.15, -0.1) is 0 Å². The van der Waals surface area contributed by atoms with Gasteiger partial charge in [-0.05, 0) is 33.6 Å². The molecule has 0 bridgehead atoms. The first-order valence-electron chi connectivity index (χ1n) is 5.82. The fourth-order valence-corrected chi connectivity index (χ4v) is 2.37. The van der Waals surface area contributed by atoms with Crippen LogP contribution in [0.25, 0.3) is 0 Å². The lowest BCUT2D eigenvalue weighted by Crippen LogP contribution is -2.36. The van der Waals surface area contributed by atoms with Crippen molar-refractivity contribution in [3.63, 3.8) is 0 Å². The number of rotatable bonds is 6. The van der Waals surface area contributed by atoms with E-state index < -0.39 is 0 Å². The van der Waals surface area contributed by atoms with Crippen LogP contribution in [0.2, 0.25) is 0 Å². The van der Waals surface area contributed by atoms with Crippen LogP contribution in [-0.2, 0) is 5.54 Å². The number of imidazole rings is 1. The highest BCUT2D eigenvalue weighted by Crippen LogP contribution is 2.23. The minimum absolute atomic E-state index is 0.0261. The molecule has 1 N–H and O–H groups in total. The van der Waals surface area contributed by atoms with Crippen molar-refractivity contribution in [3.05, 3.63) is 18.2 Å². The van der Waals surface area contributed by atoms with Gasteiger partial charge in [0.05, 0.1) is 23.8 Å². The second-order valence-electron chi connectivity index (χ2n) is 4.57. The molecule has 4 heteroatoms. The second kappa shape index (κ2) is 5.73. The van der Waals surface area contributed by atoms with Crippen LogP contribution in [-0.4, -0.2) is 28.1 Å². The van der Waals surface area contributed by atoms with Crippen LogP contribution in [0.5, 0.6) is 0 Å². The summed E-state index contributed by atoms with van der Waals surface area (Å²) in [6, 6.07) is 0.495. The standard InChI is InChI=1S/C12H23N3S/c1-6-16-8-10(2)15-9-14-7-11(15)12(3,4)13-5/h7,9-10,13H,6,8H2,1-5H3. The monoisotopic (exact) mass is 241 g/mol. The third-order valence-corrected chi connectivity index (χ3v) is 4.10. The van der Waals surface area contributed by atoms with Crippen molar-refractivity contribution >= 4 is 11.8 Å². The molecule has 0 amide bonds. The summed E-state index contributed by atoms with van der Waals surface area (Å²) in [4.78, 5) is 4.28. The Morgan fingerprint density at radius 2 is 2.25 bits per heavy atom. The number of aromatic nitrogens is 2. The van der Waals surface area contributed by atoms with Crippen molar-refractivity contribution in [2.75, 3.05) is 18.6 Å². The predicted molar refractivity (Wildman–Crippen MR) is 72.0 cm³/mol. The predicted octanol–water partition coefficient (Wildman–Crippen LogP) is 2.65. The highest BCUT2D eigenvalue weighted by Gasteiger charge is 2.23. The Morgan fingerprint density at radius 1 is 1.56 bits per heavy atom. The van der Waals surface area contributed by atoms with Gasteiger partial charge in [0.15, 0.2) is 0 Å². The molecule has 0 fully saturated rings. The number of nitrogens with one attached hydrogen (secondary N) is 1. The molecule has 0 aliphatic carbocycles. The van der Waals surface area contributed by atoms with E-state index >= 15 is 0 Å². The summed E-state index contributed by atoms with van der Waals surface area (Å²) in [7, 11) is 1.99. The molecule has 0 saturated carbocycles. The van der Waals surface area contributed by atoms with Gasteiger partial charge < -0.3 is 9.88 Å². The van der Waals surface area contributed by atoms with Gasteiger partial charge in [-0.2, -0.15) is 11.8 Å². The molecule has 0 aromatic carbocycles. The molecule has 0 aliphatic heterocycles. The first kappa shape index (κ1) is 13.6. The largest absolute Gasteiger partial charge is 0.329 e. The molecule has 0 saturated heterocycles. The zero-order valence-corrected chi connectivity index (χ0v) is 11.8.